The monoisotopic (exact) mass is 353 g/mol. The van der Waals surface area contributed by atoms with E-state index >= 15 is 0 Å². The molecule has 3 radical (unpaired) electrons. The third kappa shape index (κ3) is 4.52. The van der Waals surface area contributed by atoms with E-state index in [2.05, 4.69) is 0 Å². The summed E-state index contributed by atoms with van der Waals surface area (Å²) < 4.78 is 0.825. The van der Waals surface area contributed by atoms with Crippen molar-refractivity contribution >= 4 is 40.5 Å². The number of hydrogen-bond donors (Lipinski definition) is 0. The summed E-state index contributed by atoms with van der Waals surface area (Å²) >= 11 is 1.13. The van der Waals surface area contributed by atoms with E-state index in [-0.39, 0.29) is 5.78 Å². The summed E-state index contributed by atoms with van der Waals surface area (Å²) in [6.07, 6.45) is 5.43. The number of ketones is 1. The van der Waals surface area contributed by atoms with Gasteiger partial charge in [0.05, 0.1) is 0 Å². The molecule has 0 N–H and O–H groups in total. The number of hydrogen-bond acceptors (Lipinski definition) is 1. The predicted molar refractivity (Wildman–Crippen MR) is 80.7 cm³/mol. The van der Waals surface area contributed by atoms with Crippen molar-refractivity contribution in [3.8, 4) is 0 Å². The molecule has 2 aromatic carbocycles. The van der Waals surface area contributed by atoms with Crippen LogP contribution in [0.2, 0.25) is 0 Å². The number of carbonyl (C=O) groups is 1. The van der Waals surface area contributed by atoms with E-state index in [9.17, 15) is 4.79 Å². The zero-order valence-electron chi connectivity index (χ0n) is 10.4. The van der Waals surface area contributed by atoms with Crippen LogP contribution in [0.1, 0.15) is 11.1 Å². The van der Waals surface area contributed by atoms with Crippen molar-refractivity contribution in [3.63, 3.8) is 0 Å². The molecule has 0 saturated carbocycles. The second-order valence-corrected chi connectivity index (χ2v) is 5.61. The van der Waals surface area contributed by atoms with Crippen molar-refractivity contribution in [1.29, 1.82) is 0 Å². The van der Waals surface area contributed by atoms with Gasteiger partial charge in [-0.2, -0.15) is 0 Å². The summed E-state index contributed by atoms with van der Waals surface area (Å²) in [6, 6.07) is 19.8. The van der Waals surface area contributed by atoms with Gasteiger partial charge in [-0.3, -0.25) is 0 Å². The molecule has 0 heterocycles. The molecule has 1 nitrogen and oxygen atoms in total. The van der Waals surface area contributed by atoms with Crippen LogP contribution in [0.5, 0.6) is 0 Å². The first kappa shape index (κ1) is 13.8. The first-order valence-electron chi connectivity index (χ1n) is 6.01. The Hall–Kier alpha value is -1.61. The standard InChI is InChI=1S/C17H13O.Sn/c18-17(13-11-15-7-3-1-4-8-15)14-12-16-9-5-2-6-10-16;/h1-13H;. The summed E-state index contributed by atoms with van der Waals surface area (Å²) in [5.41, 5.74) is 2.11. The van der Waals surface area contributed by atoms with Crippen LogP contribution in [0.4, 0.5) is 0 Å². The molecule has 2 aromatic rings. The molecule has 0 aliphatic heterocycles. The van der Waals surface area contributed by atoms with Gasteiger partial charge in [-0.05, 0) is 0 Å². The van der Waals surface area contributed by atoms with E-state index in [1.54, 1.807) is 6.08 Å². The van der Waals surface area contributed by atoms with Crippen LogP contribution >= 0.6 is 0 Å². The SMILES string of the molecule is O=C(C=Cc1ccccc1)[C]([Sn])=Cc1ccccc1. The third-order valence-electron chi connectivity index (χ3n) is 2.60. The molecule has 91 valence electrons. The summed E-state index contributed by atoms with van der Waals surface area (Å²) in [4.78, 5) is 12.0. The normalized spacial score (nSPS) is 11.7. The van der Waals surface area contributed by atoms with Gasteiger partial charge >= 0.3 is 127 Å². The van der Waals surface area contributed by atoms with Crippen molar-refractivity contribution in [3.05, 3.63) is 81.5 Å². The van der Waals surface area contributed by atoms with Crippen LogP contribution in [0.3, 0.4) is 0 Å². The Balaban J connectivity index is 2.08. The van der Waals surface area contributed by atoms with Gasteiger partial charge in [0.1, 0.15) is 0 Å². The van der Waals surface area contributed by atoms with E-state index in [1.807, 2.05) is 72.8 Å². The van der Waals surface area contributed by atoms with E-state index in [1.165, 1.54) is 0 Å². The zero-order valence-corrected chi connectivity index (χ0v) is 13.3. The summed E-state index contributed by atoms with van der Waals surface area (Å²) in [5, 5.41) is 0. The van der Waals surface area contributed by atoms with E-state index in [0.717, 1.165) is 37.2 Å². The number of rotatable bonds is 4. The average Bonchev–Trinajstić information content (AvgIpc) is 2.47. The Bertz CT molecular complexity index is 598. The molecular formula is C17H13OSn. The summed E-state index contributed by atoms with van der Waals surface area (Å²) in [6.45, 7) is 0. The molecule has 0 saturated heterocycles. The zero-order chi connectivity index (χ0) is 13.5. The van der Waals surface area contributed by atoms with Crippen molar-refractivity contribution < 1.29 is 4.79 Å². The van der Waals surface area contributed by atoms with Crippen LogP contribution in [0.25, 0.3) is 12.2 Å². The van der Waals surface area contributed by atoms with Crippen LogP contribution in [0.15, 0.2) is 70.3 Å². The molecule has 0 aliphatic carbocycles. The van der Waals surface area contributed by atoms with Crippen LogP contribution in [0, 0.1) is 0 Å². The molecule has 0 atom stereocenters. The molecule has 0 aromatic heterocycles. The molecule has 0 amide bonds. The number of benzene rings is 2. The summed E-state index contributed by atoms with van der Waals surface area (Å²) in [7, 11) is 0. The van der Waals surface area contributed by atoms with Gasteiger partial charge in [0.2, 0.25) is 0 Å². The van der Waals surface area contributed by atoms with Crippen LogP contribution in [-0.2, 0) is 4.79 Å². The van der Waals surface area contributed by atoms with Crippen molar-refractivity contribution in [2.24, 2.45) is 0 Å². The van der Waals surface area contributed by atoms with Gasteiger partial charge in [-0.15, -0.1) is 0 Å². The fourth-order valence-electron chi connectivity index (χ4n) is 1.61. The van der Waals surface area contributed by atoms with Crippen molar-refractivity contribution in [2.75, 3.05) is 0 Å². The third-order valence-corrected chi connectivity index (χ3v) is 3.72. The second-order valence-electron chi connectivity index (χ2n) is 4.08. The maximum atomic E-state index is 12.0. The van der Waals surface area contributed by atoms with Gasteiger partial charge in [-0.25, -0.2) is 0 Å². The van der Waals surface area contributed by atoms with E-state index in [0.29, 0.717) is 0 Å². The second kappa shape index (κ2) is 7.09. The van der Waals surface area contributed by atoms with Gasteiger partial charge in [-0.1, -0.05) is 0 Å². The van der Waals surface area contributed by atoms with E-state index < -0.39 is 0 Å². The fraction of sp³-hybridized carbons (Fsp3) is 0. The molecule has 0 aliphatic rings. The van der Waals surface area contributed by atoms with Gasteiger partial charge in [0.15, 0.2) is 0 Å². The molecule has 0 bridgehead atoms. The Labute approximate surface area is 126 Å². The van der Waals surface area contributed by atoms with Crippen LogP contribution < -0.4 is 0 Å². The van der Waals surface area contributed by atoms with E-state index in [4.69, 9.17) is 0 Å². The topological polar surface area (TPSA) is 17.1 Å². The van der Waals surface area contributed by atoms with Crippen molar-refractivity contribution in [1.82, 2.24) is 0 Å². The first-order chi connectivity index (χ1) is 9.25. The van der Waals surface area contributed by atoms with Gasteiger partial charge < -0.3 is 0 Å². The Morgan fingerprint density at radius 2 is 1.37 bits per heavy atom. The number of carbonyl (C=O) groups excluding carboxylic acids is 1. The number of allylic oxidation sites excluding steroid dienone is 2. The fourth-order valence-corrected chi connectivity index (χ4v) is 2.33. The van der Waals surface area contributed by atoms with Crippen LogP contribution in [-0.4, -0.2) is 28.3 Å². The Kier molecular flexibility index (Phi) is 5.16. The molecule has 19 heavy (non-hydrogen) atoms. The van der Waals surface area contributed by atoms with Crippen molar-refractivity contribution in [2.45, 2.75) is 0 Å². The predicted octanol–water partition coefficient (Wildman–Crippen LogP) is 3.48. The van der Waals surface area contributed by atoms with Gasteiger partial charge in [0, 0.05) is 0 Å². The molecule has 2 heteroatoms. The minimum atomic E-state index is 0.0749. The quantitative estimate of drug-likeness (QED) is 0.608. The summed E-state index contributed by atoms with van der Waals surface area (Å²) in [5.74, 6) is 0.0749. The molecule has 0 unspecified atom stereocenters. The first-order valence-corrected chi connectivity index (χ1v) is 7.44. The molecule has 0 spiro atoms. The molecule has 2 rings (SSSR count). The Morgan fingerprint density at radius 3 is 1.95 bits per heavy atom. The molecule has 0 fully saturated rings. The van der Waals surface area contributed by atoms with Gasteiger partial charge in [0.25, 0.3) is 0 Å². The average molecular weight is 352 g/mol. The Morgan fingerprint density at radius 1 is 0.842 bits per heavy atom. The maximum absolute atomic E-state index is 12.0. The minimum absolute atomic E-state index is 0.0749. The molecular weight excluding hydrogens is 339 g/mol.